The highest BCUT2D eigenvalue weighted by Gasteiger charge is 2.21. The zero-order chi connectivity index (χ0) is 20.6. The maximum absolute atomic E-state index is 12.5. The summed E-state index contributed by atoms with van der Waals surface area (Å²) in [6.45, 7) is 1.96. The maximum Gasteiger partial charge on any atom is 0.255 e. The smallest absolute Gasteiger partial charge is 0.255 e. The molecule has 1 fully saturated rings. The van der Waals surface area contributed by atoms with Gasteiger partial charge in [0.25, 0.3) is 5.91 Å². The highest BCUT2D eigenvalue weighted by atomic mass is 32.2. The Bertz CT molecular complexity index is 832. The van der Waals surface area contributed by atoms with Crippen LogP contribution in [0.4, 0.5) is 11.4 Å². The van der Waals surface area contributed by atoms with E-state index in [1.807, 2.05) is 19.1 Å². The molecule has 0 aromatic heterocycles. The molecule has 2 aromatic rings. The molecule has 5 nitrogen and oxygen atoms in total. The molecular weight excluding hydrogens is 384 g/mol. The summed E-state index contributed by atoms with van der Waals surface area (Å²) in [5, 5.41) is 6.30. The first-order valence-electron chi connectivity index (χ1n) is 10.1. The number of carbonyl (C=O) groups excluding carboxylic acids is 2. The zero-order valence-corrected chi connectivity index (χ0v) is 17.8. The Labute approximate surface area is 176 Å². The monoisotopic (exact) mass is 412 g/mol. The number of ether oxygens (including phenoxy) is 1. The molecule has 3 rings (SSSR count). The molecule has 0 heterocycles. The molecule has 2 amide bonds. The summed E-state index contributed by atoms with van der Waals surface area (Å²) in [6.07, 6.45) is 6.26. The summed E-state index contributed by atoms with van der Waals surface area (Å²) >= 11 is 1.77. The predicted molar refractivity (Wildman–Crippen MR) is 120 cm³/mol. The van der Waals surface area contributed by atoms with Gasteiger partial charge in [0.15, 0.2) is 0 Å². The van der Waals surface area contributed by atoms with Crippen molar-refractivity contribution in [2.24, 2.45) is 0 Å². The van der Waals surface area contributed by atoms with Crippen molar-refractivity contribution in [3.63, 3.8) is 0 Å². The van der Waals surface area contributed by atoms with Gasteiger partial charge in [-0.15, -0.1) is 11.8 Å². The standard InChI is InChI=1S/C23H28N2O3S/c1-16(29-19-8-4-3-5-9-19)22(26)24-18-14-12-17(13-15-18)23(27)25-20-10-6-7-11-21(20)28-2/h6-7,10-16,19H,3-5,8-9H2,1-2H3,(H,24,26)(H,25,27). The Balaban J connectivity index is 1.55. The van der Waals surface area contributed by atoms with Crippen molar-refractivity contribution >= 4 is 35.0 Å². The van der Waals surface area contributed by atoms with Crippen LogP contribution in [0.5, 0.6) is 5.75 Å². The van der Waals surface area contributed by atoms with Crippen LogP contribution in [0.25, 0.3) is 0 Å². The third kappa shape index (κ3) is 6.00. The molecule has 2 aromatic carbocycles. The van der Waals surface area contributed by atoms with Crippen LogP contribution in [-0.2, 0) is 4.79 Å². The SMILES string of the molecule is COc1ccccc1NC(=O)c1ccc(NC(=O)C(C)SC2CCCCC2)cc1. The van der Waals surface area contributed by atoms with E-state index < -0.39 is 0 Å². The van der Waals surface area contributed by atoms with Crippen molar-refractivity contribution in [1.82, 2.24) is 0 Å². The number of amides is 2. The number of para-hydroxylation sites is 2. The van der Waals surface area contributed by atoms with E-state index in [2.05, 4.69) is 10.6 Å². The first-order chi connectivity index (χ1) is 14.1. The number of nitrogens with one attached hydrogen (secondary N) is 2. The summed E-state index contributed by atoms with van der Waals surface area (Å²) in [5.74, 6) is 0.384. The molecule has 1 saturated carbocycles. The molecule has 1 aliphatic rings. The van der Waals surface area contributed by atoms with Crippen LogP contribution in [0.2, 0.25) is 0 Å². The summed E-state index contributed by atoms with van der Waals surface area (Å²) in [6, 6.07) is 14.2. The Hall–Kier alpha value is -2.47. The molecule has 29 heavy (non-hydrogen) atoms. The van der Waals surface area contributed by atoms with Crippen LogP contribution >= 0.6 is 11.8 Å². The zero-order valence-electron chi connectivity index (χ0n) is 16.9. The summed E-state index contributed by atoms with van der Waals surface area (Å²) in [7, 11) is 1.57. The van der Waals surface area contributed by atoms with Crippen molar-refractivity contribution < 1.29 is 14.3 Å². The fourth-order valence-electron chi connectivity index (χ4n) is 3.44. The number of benzene rings is 2. The lowest BCUT2D eigenvalue weighted by atomic mass is 10.0. The molecule has 0 aliphatic heterocycles. The number of hydrogen-bond donors (Lipinski definition) is 2. The van der Waals surface area contributed by atoms with Crippen LogP contribution in [0.1, 0.15) is 49.4 Å². The number of methoxy groups -OCH3 is 1. The van der Waals surface area contributed by atoms with Crippen molar-refractivity contribution in [1.29, 1.82) is 0 Å². The summed E-state index contributed by atoms with van der Waals surface area (Å²) < 4.78 is 5.26. The van der Waals surface area contributed by atoms with Crippen LogP contribution in [-0.4, -0.2) is 29.4 Å². The van der Waals surface area contributed by atoms with Crippen molar-refractivity contribution in [2.45, 2.75) is 49.5 Å². The van der Waals surface area contributed by atoms with Crippen LogP contribution in [0.3, 0.4) is 0 Å². The topological polar surface area (TPSA) is 67.4 Å². The molecule has 0 radical (unpaired) electrons. The van der Waals surface area contributed by atoms with Gasteiger partial charge >= 0.3 is 0 Å². The third-order valence-electron chi connectivity index (χ3n) is 5.09. The van der Waals surface area contributed by atoms with Gasteiger partial charge in [-0.2, -0.15) is 0 Å². The average molecular weight is 413 g/mol. The Morgan fingerprint density at radius 2 is 1.69 bits per heavy atom. The molecular formula is C23H28N2O3S. The van der Waals surface area contributed by atoms with Gasteiger partial charge in [0.1, 0.15) is 5.75 Å². The minimum absolute atomic E-state index is 0.00629. The molecule has 0 spiro atoms. The maximum atomic E-state index is 12.5. The normalized spacial score (nSPS) is 15.4. The molecule has 154 valence electrons. The second kappa shape index (κ2) is 10.3. The van der Waals surface area contributed by atoms with Crippen LogP contribution < -0.4 is 15.4 Å². The van der Waals surface area contributed by atoms with E-state index in [1.54, 1.807) is 55.3 Å². The van der Waals surface area contributed by atoms with Gasteiger partial charge in [-0.1, -0.05) is 31.4 Å². The first-order valence-corrected chi connectivity index (χ1v) is 11.0. The lowest BCUT2D eigenvalue weighted by molar-refractivity contribution is -0.115. The highest BCUT2D eigenvalue weighted by Crippen LogP contribution is 2.31. The van der Waals surface area contributed by atoms with E-state index in [4.69, 9.17) is 4.74 Å². The van der Waals surface area contributed by atoms with Crippen LogP contribution in [0, 0.1) is 0 Å². The van der Waals surface area contributed by atoms with E-state index in [-0.39, 0.29) is 17.1 Å². The van der Waals surface area contributed by atoms with Gasteiger partial charge in [0, 0.05) is 16.5 Å². The molecule has 0 bridgehead atoms. The van der Waals surface area contributed by atoms with Gasteiger partial charge in [-0.3, -0.25) is 9.59 Å². The Morgan fingerprint density at radius 1 is 1.00 bits per heavy atom. The van der Waals surface area contributed by atoms with Crippen molar-refractivity contribution in [2.75, 3.05) is 17.7 Å². The predicted octanol–water partition coefficient (Wildman–Crippen LogP) is 5.34. The van der Waals surface area contributed by atoms with Gasteiger partial charge in [-0.05, 0) is 56.2 Å². The highest BCUT2D eigenvalue weighted by molar-refractivity contribution is 8.01. The van der Waals surface area contributed by atoms with Gasteiger partial charge in [-0.25, -0.2) is 0 Å². The number of rotatable bonds is 7. The van der Waals surface area contributed by atoms with Gasteiger partial charge < -0.3 is 15.4 Å². The van der Waals surface area contributed by atoms with E-state index in [0.29, 0.717) is 27.9 Å². The number of hydrogen-bond acceptors (Lipinski definition) is 4. The minimum Gasteiger partial charge on any atom is -0.495 e. The number of thioether (sulfide) groups is 1. The molecule has 1 aliphatic carbocycles. The van der Waals surface area contributed by atoms with Gasteiger partial charge in [0.2, 0.25) is 5.91 Å². The molecule has 0 saturated heterocycles. The Kier molecular flexibility index (Phi) is 7.58. The second-order valence-corrected chi connectivity index (χ2v) is 8.91. The fourth-order valence-corrected chi connectivity index (χ4v) is 4.81. The summed E-state index contributed by atoms with van der Waals surface area (Å²) in [5.41, 5.74) is 1.82. The summed E-state index contributed by atoms with van der Waals surface area (Å²) in [4.78, 5) is 25.0. The van der Waals surface area contributed by atoms with Gasteiger partial charge in [0.05, 0.1) is 18.0 Å². The largest absolute Gasteiger partial charge is 0.495 e. The minimum atomic E-state index is -0.228. The van der Waals surface area contributed by atoms with E-state index in [9.17, 15) is 9.59 Å². The fraction of sp³-hybridized carbons (Fsp3) is 0.391. The Morgan fingerprint density at radius 3 is 2.38 bits per heavy atom. The number of anilines is 2. The third-order valence-corrected chi connectivity index (χ3v) is 6.57. The van der Waals surface area contributed by atoms with Crippen molar-refractivity contribution in [3.8, 4) is 5.75 Å². The number of carbonyl (C=O) groups is 2. The van der Waals surface area contributed by atoms with E-state index >= 15 is 0 Å². The lowest BCUT2D eigenvalue weighted by Crippen LogP contribution is -2.25. The quantitative estimate of drug-likeness (QED) is 0.644. The molecule has 2 N–H and O–H groups in total. The van der Waals surface area contributed by atoms with Crippen LogP contribution in [0.15, 0.2) is 48.5 Å². The van der Waals surface area contributed by atoms with E-state index in [0.717, 1.165) is 0 Å². The first kappa shape index (κ1) is 21.2. The molecule has 1 atom stereocenters. The lowest BCUT2D eigenvalue weighted by Gasteiger charge is -2.23. The molecule has 1 unspecified atom stereocenters. The van der Waals surface area contributed by atoms with Crippen molar-refractivity contribution in [3.05, 3.63) is 54.1 Å². The second-order valence-electron chi connectivity index (χ2n) is 7.26. The molecule has 6 heteroatoms. The van der Waals surface area contributed by atoms with E-state index in [1.165, 1.54) is 32.1 Å². The average Bonchev–Trinajstić information content (AvgIpc) is 2.75.